The van der Waals surface area contributed by atoms with Crippen LogP contribution in [0, 0.1) is 5.92 Å². The Bertz CT molecular complexity index is 639. The van der Waals surface area contributed by atoms with Gasteiger partial charge in [0.15, 0.2) is 0 Å². The number of rotatable bonds is 4. The Labute approximate surface area is 141 Å². The zero-order valence-corrected chi connectivity index (χ0v) is 13.6. The number of nitrogens with one attached hydrogen (secondary N) is 2. The molecule has 1 amide bonds. The first-order valence-corrected chi connectivity index (χ1v) is 8.29. The number of aromatic nitrogens is 1. The Morgan fingerprint density at radius 1 is 1.17 bits per heavy atom. The SMILES string of the molecule is O=C(NC(c1ccc(Cl)cc1)c1ccccn1)C1CCNCC1. The van der Waals surface area contributed by atoms with Crippen LogP contribution in [0.4, 0.5) is 0 Å². The van der Waals surface area contributed by atoms with Crippen molar-refractivity contribution in [3.63, 3.8) is 0 Å². The number of hydrogen-bond acceptors (Lipinski definition) is 3. The number of carbonyl (C=O) groups is 1. The largest absolute Gasteiger partial charge is 0.343 e. The molecule has 0 radical (unpaired) electrons. The second-order valence-corrected chi connectivity index (χ2v) is 6.21. The summed E-state index contributed by atoms with van der Waals surface area (Å²) in [7, 11) is 0. The van der Waals surface area contributed by atoms with E-state index in [1.54, 1.807) is 6.20 Å². The maximum Gasteiger partial charge on any atom is 0.224 e. The fourth-order valence-electron chi connectivity index (χ4n) is 2.87. The molecule has 0 bridgehead atoms. The molecular weight excluding hydrogens is 310 g/mol. The first-order chi connectivity index (χ1) is 11.2. The third-order valence-electron chi connectivity index (χ3n) is 4.18. The van der Waals surface area contributed by atoms with Crippen LogP contribution in [0.1, 0.15) is 30.1 Å². The van der Waals surface area contributed by atoms with E-state index in [4.69, 9.17) is 11.6 Å². The fourth-order valence-corrected chi connectivity index (χ4v) is 3.00. The van der Waals surface area contributed by atoms with Gasteiger partial charge in [-0.1, -0.05) is 29.8 Å². The summed E-state index contributed by atoms with van der Waals surface area (Å²) in [6.07, 6.45) is 3.50. The van der Waals surface area contributed by atoms with Gasteiger partial charge in [0.1, 0.15) is 0 Å². The Morgan fingerprint density at radius 3 is 2.57 bits per heavy atom. The summed E-state index contributed by atoms with van der Waals surface area (Å²) in [6, 6.07) is 13.0. The molecule has 1 unspecified atom stereocenters. The molecule has 3 rings (SSSR count). The van der Waals surface area contributed by atoms with Crippen molar-refractivity contribution in [3.05, 3.63) is 64.9 Å². The molecule has 2 N–H and O–H groups in total. The number of amides is 1. The zero-order chi connectivity index (χ0) is 16.1. The van der Waals surface area contributed by atoms with Gasteiger partial charge < -0.3 is 10.6 Å². The smallest absolute Gasteiger partial charge is 0.224 e. The number of carbonyl (C=O) groups excluding carboxylic acids is 1. The standard InChI is InChI=1S/C18H20ClN3O/c19-15-6-4-13(5-7-15)17(16-3-1-2-10-21-16)22-18(23)14-8-11-20-12-9-14/h1-7,10,14,17,20H,8-9,11-12H2,(H,22,23). The average molecular weight is 330 g/mol. The molecule has 2 aromatic rings. The van der Waals surface area contributed by atoms with E-state index in [-0.39, 0.29) is 17.9 Å². The lowest BCUT2D eigenvalue weighted by Gasteiger charge is -2.25. The van der Waals surface area contributed by atoms with Gasteiger partial charge in [-0.05, 0) is 55.8 Å². The molecule has 1 fully saturated rings. The van der Waals surface area contributed by atoms with E-state index in [1.807, 2.05) is 42.5 Å². The summed E-state index contributed by atoms with van der Waals surface area (Å²) in [4.78, 5) is 17.0. The van der Waals surface area contributed by atoms with E-state index in [0.29, 0.717) is 5.02 Å². The minimum absolute atomic E-state index is 0.0646. The van der Waals surface area contributed by atoms with E-state index in [2.05, 4.69) is 15.6 Å². The highest BCUT2D eigenvalue weighted by atomic mass is 35.5. The zero-order valence-electron chi connectivity index (χ0n) is 12.8. The molecule has 1 aromatic heterocycles. The summed E-state index contributed by atoms with van der Waals surface area (Å²) < 4.78 is 0. The number of nitrogens with zero attached hydrogens (tertiary/aromatic N) is 1. The Balaban J connectivity index is 1.83. The van der Waals surface area contributed by atoms with Crippen molar-refractivity contribution in [1.29, 1.82) is 0 Å². The molecule has 5 heteroatoms. The monoisotopic (exact) mass is 329 g/mol. The first-order valence-electron chi connectivity index (χ1n) is 7.91. The summed E-state index contributed by atoms with van der Waals surface area (Å²) in [5.74, 6) is 0.159. The predicted molar refractivity (Wildman–Crippen MR) is 91.3 cm³/mol. The molecule has 1 saturated heterocycles. The van der Waals surface area contributed by atoms with Gasteiger partial charge >= 0.3 is 0 Å². The van der Waals surface area contributed by atoms with Gasteiger partial charge in [-0.25, -0.2) is 0 Å². The predicted octanol–water partition coefficient (Wildman–Crippen LogP) is 2.94. The minimum Gasteiger partial charge on any atom is -0.343 e. The third-order valence-corrected chi connectivity index (χ3v) is 4.44. The maximum atomic E-state index is 12.6. The van der Waals surface area contributed by atoms with Gasteiger partial charge in [0.05, 0.1) is 11.7 Å². The van der Waals surface area contributed by atoms with Gasteiger partial charge in [0, 0.05) is 17.1 Å². The molecule has 1 atom stereocenters. The van der Waals surface area contributed by atoms with Gasteiger partial charge in [-0.2, -0.15) is 0 Å². The van der Waals surface area contributed by atoms with Crippen LogP contribution in [0.5, 0.6) is 0 Å². The second kappa shape index (κ2) is 7.57. The second-order valence-electron chi connectivity index (χ2n) is 5.77. The first kappa shape index (κ1) is 16.0. The highest BCUT2D eigenvalue weighted by Crippen LogP contribution is 2.23. The molecule has 0 spiro atoms. The number of halogens is 1. The van der Waals surface area contributed by atoms with E-state index in [9.17, 15) is 4.79 Å². The average Bonchev–Trinajstić information content (AvgIpc) is 2.62. The van der Waals surface area contributed by atoms with Gasteiger partial charge in [0.25, 0.3) is 0 Å². The van der Waals surface area contributed by atoms with Crippen molar-refractivity contribution >= 4 is 17.5 Å². The third kappa shape index (κ3) is 4.09. The topological polar surface area (TPSA) is 54.0 Å². The molecule has 0 aliphatic carbocycles. The highest BCUT2D eigenvalue weighted by Gasteiger charge is 2.25. The van der Waals surface area contributed by atoms with E-state index >= 15 is 0 Å². The van der Waals surface area contributed by atoms with E-state index in [0.717, 1.165) is 37.2 Å². The molecule has 1 aliphatic heterocycles. The van der Waals surface area contributed by atoms with Gasteiger partial charge in [-0.3, -0.25) is 9.78 Å². The number of piperidine rings is 1. The van der Waals surface area contributed by atoms with Crippen LogP contribution in [-0.4, -0.2) is 24.0 Å². The summed E-state index contributed by atoms with van der Waals surface area (Å²) in [5, 5.41) is 7.13. The van der Waals surface area contributed by atoms with Crippen molar-refractivity contribution in [1.82, 2.24) is 15.6 Å². The van der Waals surface area contributed by atoms with Crippen LogP contribution < -0.4 is 10.6 Å². The maximum absolute atomic E-state index is 12.6. The summed E-state index contributed by atoms with van der Waals surface area (Å²) in [6.45, 7) is 1.79. The minimum atomic E-state index is -0.254. The normalized spacial score (nSPS) is 16.7. The highest BCUT2D eigenvalue weighted by molar-refractivity contribution is 6.30. The van der Waals surface area contributed by atoms with Crippen molar-refractivity contribution in [2.24, 2.45) is 5.92 Å². The van der Waals surface area contributed by atoms with Crippen molar-refractivity contribution in [3.8, 4) is 0 Å². The van der Waals surface area contributed by atoms with Crippen molar-refractivity contribution < 1.29 is 4.79 Å². The van der Waals surface area contributed by atoms with Crippen LogP contribution in [-0.2, 0) is 4.79 Å². The molecular formula is C18H20ClN3O. The lowest BCUT2D eigenvalue weighted by molar-refractivity contribution is -0.126. The van der Waals surface area contributed by atoms with E-state index < -0.39 is 0 Å². The van der Waals surface area contributed by atoms with Crippen molar-refractivity contribution in [2.75, 3.05) is 13.1 Å². The summed E-state index contributed by atoms with van der Waals surface area (Å²) >= 11 is 5.98. The van der Waals surface area contributed by atoms with Crippen LogP contribution in [0.2, 0.25) is 5.02 Å². The molecule has 4 nitrogen and oxygen atoms in total. The molecule has 1 aromatic carbocycles. The summed E-state index contributed by atoms with van der Waals surface area (Å²) in [5.41, 5.74) is 1.81. The van der Waals surface area contributed by atoms with Crippen molar-refractivity contribution in [2.45, 2.75) is 18.9 Å². The van der Waals surface area contributed by atoms with Gasteiger partial charge in [0.2, 0.25) is 5.91 Å². The molecule has 23 heavy (non-hydrogen) atoms. The number of pyridine rings is 1. The number of benzene rings is 1. The lowest BCUT2D eigenvalue weighted by atomic mass is 9.95. The van der Waals surface area contributed by atoms with Crippen LogP contribution >= 0.6 is 11.6 Å². The molecule has 0 saturated carbocycles. The van der Waals surface area contributed by atoms with Gasteiger partial charge in [-0.15, -0.1) is 0 Å². The quantitative estimate of drug-likeness (QED) is 0.906. The molecule has 2 heterocycles. The van der Waals surface area contributed by atoms with Crippen LogP contribution in [0.15, 0.2) is 48.7 Å². The Morgan fingerprint density at radius 2 is 1.91 bits per heavy atom. The molecule has 120 valence electrons. The molecule has 1 aliphatic rings. The Hall–Kier alpha value is -1.91. The van der Waals surface area contributed by atoms with E-state index in [1.165, 1.54) is 0 Å². The van der Waals surface area contributed by atoms with Crippen LogP contribution in [0.25, 0.3) is 0 Å². The van der Waals surface area contributed by atoms with Crippen LogP contribution in [0.3, 0.4) is 0 Å². The Kier molecular flexibility index (Phi) is 5.26. The number of hydrogen-bond donors (Lipinski definition) is 2. The lowest BCUT2D eigenvalue weighted by Crippen LogP contribution is -2.40. The fraction of sp³-hybridized carbons (Fsp3) is 0.333.